The Morgan fingerprint density at radius 3 is 2.46 bits per heavy atom. The first-order chi connectivity index (χ1) is 11.6. The number of carbonyl (C=O) groups is 1. The Bertz CT molecular complexity index is 685. The van der Waals surface area contributed by atoms with Gasteiger partial charge >= 0.3 is 5.97 Å². The molecule has 0 aliphatic rings. The number of halogens is 1. The normalized spacial score (nSPS) is 10.8. The van der Waals surface area contributed by atoms with Gasteiger partial charge in [-0.25, -0.2) is 4.79 Å². The molecule has 2 aromatic carbocycles. The number of phenols is 1. The van der Waals surface area contributed by atoms with Crippen molar-refractivity contribution < 1.29 is 14.6 Å². The number of rotatable bonds is 7. The molecule has 128 valence electrons. The number of likely N-dealkylation sites (N-methyl/N-ethyl adjacent to an activating group) is 1. The number of phenolic OH excluding ortho intramolecular Hbond substituents is 1. The summed E-state index contributed by atoms with van der Waals surface area (Å²) < 4.78 is 5.29. The zero-order valence-electron chi connectivity index (χ0n) is 14.0. The second-order valence-electron chi connectivity index (χ2n) is 5.38. The predicted octanol–water partition coefficient (Wildman–Crippen LogP) is 4.21. The molecule has 2 rings (SSSR count). The fourth-order valence-electron chi connectivity index (χ4n) is 2.48. The SMILES string of the molecule is CCN(CC)CCOC(=O)c1cc(Cl)cc(-c2ccccc2)c1O. The zero-order valence-corrected chi connectivity index (χ0v) is 14.7. The van der Waals surface area contributed by atoms with Gasteiger partial charge in [-0.3, -0.25) is 0 Å². The molecule has 0 saturated carbocycles. The Hall–Kier alpha value is -2.04. The Morgan fingerprint density at radius 2 is 1.83 bits per heavy atom. The number of carbonyl (C=O) groups excluding carboxylic acids is 1. The van der Waals surface area contributed by atoms with Crippen LogP contribution in [0.5, 0.6) is 5.75 Å². The topological polar surface area (TPSA) is 49.8 Å². The molecule has 0 radical (unpaired) electrons. The van der Waals surface area contributed by atoms with Crippen LogP contribution in [-0.4, -0.2) is 42.2 Å². The molecule has 5 heteroatoms. The minimum atomic E-state index is -0.570. The molecule has 0 unspecified atom stereocenters. The summed E-state index contributed by atoms with van der Waals surface area (Å²) in [6.45, 7) is 6.84. The predicted molar refractivity (Wildman–Crippen MR) is 96.6 cm³/mol. The summed E-state index contributed by atoms with van der Waals surface area (Å²) in [4.78, 5) is 14.5. The van der Waals surface area contributed by atoms with Gasteiger partial charge in [0.2, 0.25) is 0 Å². The van der Waals surface area contributed by atoms with Gasteiger partial charge in [0.1, 0.15) is 17.9 Å². The first kappa shape index (κ1) is 18.3. The molecule has 1 N–H and O–H groups in total. The standard InChI is InChI=1S/C19H22ClNO3/c1-3-21(4-2)10-11-24-19(23)17-13-15(20)12-16(18(17)22)14-8-6-5-7-9-14/h5-9,12-13,22H,3-4,10-11H2,1-2H3. The average molecular weight is 348 g/mol. The second-order valence-corrected chi connectivity index (χ2v) is 5.81. The van der Waals surface area contributed by atoms with Gasteiger partial charge in [-0.05, 0) is 30.8 Å². The highest BCUT2D eigenvalue weighted by molar-refractivity contribution is 6.31. The highest BCUT2D eigenvalue weighted by Gasteiger charge is 2.18. The molecule has 0 aromatic heterocycles. The number of hydrogen-bond donors (Lipinski definition) is 1. The molecular weight excluding hydrogens is 326 g/mol. The lowest BCUT2D eigenvalue weighted by Crippen LogP contribution is -2.27. The van der Waals surface area contributed by atoms with Gasteiger partial charge in [0.25, 0.3) is 0 Å². The van der Waals surface area contributed by atoms with E-state index in [4.69, 9.17) is 16.3 Å². The Balaban J connectivity index is 2.18. The smallest absolute Gasteiger partial charge is 0.342 e. The van der Waals surface area contributed by atoms with E-state index < -0.39 is 5.97 Å². The van der Waals surface area contributed by atoms with E-state index in [9.17, 15) is 9.90 Å². The van der Waals surface area contributed by atoms with Crippen LogP contribution in [0.25, 0.3) is 11.1 Å². The van der Waals surface area contributed by atoms with Crippen LogP contribution in [0.1, 0.15) is 24.2 Å². The van der Waals surface area contributed by atoms with Crippen LogP contribution in [0.3, 0.4) is 0 Å². The third-order valence-corrected chi connectivity index (χ3v) is 4.13. The van der Waals surface area contributed by atoms with E-state index in [0.717, 1.165) is 18.7 Å². The largest absolute Gasteiger partial charge is 0.506 e. The molecule has 0 saturated heterocycles. The number of benzene rings is 2. The van der Waals surface area contributed by atoms with Gasteiger partial charge in [-0.15, -0.1) is 0 Å². The lowest BCUT2D eigenvalue weighted by atomic mass is 10.0. The minimum Gasteiger partial charge on any atom is -0.506 e. The molecule has 4 nitrogen and oxygen atoms in total. The van der Waals surface area contributed by atoms with Gasteiger partial charge < -0.3 is 14.7 Å². The molecule has 2 aromatic rings. The summed E-state index contributed by atoms with van der Waals surface area (Å²) in [6, 6.07) is 12.4. The summed E-state index contributed by atoms with van der Waals surface area (Å²) in [7, 11) is 0. The fourth-order valence-corrected chi connectivity index (χ4v) is 2.70. The quantitative estimate of drug-likeness (QED) is 0.762. The van der Waals surface area contributed by atoms with E-state index >= 15 is 0 Å². The molecule has 0 atom stereocenters. The monoisotopic (exact) mass is 347 g/mol. The van der Waals surface area contributed by atoms with Crippen LogP contribution < -0.4 is 0 Å². The molecule has 0 fully saturated rings. The number of hydrogen-bond acceptors (Lipinski definition) is 4. The van der Waals surface area contributed by atoms with Crippen molar-refractivity contribution in [3.63, 3.8) is 0 Å². The maximum atomic E-state index is 12.3. The summed E-state index contributed by atoms with van der Waals surface area (Å²) in [5.74, 6) is -0.683. The van der Waals surface area contributed by atoms with E-state index in [-0.39, 0.29) is 17.9 Å². The lowest BCUT2D eigenvalue weighted by molar-refractivity contribution is 0.0463. The van der Waals surface area contributed by atoms with Crippen LogP contribution >= 0.6 is 11.6 Å². The molecule has 24 heavy (non-hydrogen) atoms. The van der Waals surface area contributed by atoms with Crippen molar-refractivity contribution in [1.82, 2.24) is 4.90 Å². The van der Waals surface area contributed by atoms with E-state index in [0.29, 0.717) is 17.1 Å². The number of ether oxygens (including phenoxy) is 1. The third-order valence-electron chi connectivity index (χ3n) is 3.91. The van der Waals surface area contributed by atoms with E-state index in [1.807, 2.05) is 30.3 Å². The Labute approximate surface area is 147 Å². The third kappa shape index (κ3) is 4.49. The number of esters is 1. The average Bonchev–Trinajstić information content (AvgIpc) is 2.61. The van der Waals surface area contributed by atoms with Crippen molar-refractivity contribution in [3.05, 3.63) is 53.1 Å². The van der Waals surface area contributed by atoms with Crippen LogP contribution in [0.2, 0.25) is 5.02 Å². The zero-order chi connectivity index (χ0) is 17.5. The van der Waals surface area contributed by atoms with Crippen molar-refractivity contribution in [2.45, 2.75) is 13.8 Å². The van der Waals surface area contributed by atoms with Gasteiger partial charge in [-0.1, -0.05) is 55.8 Å². The maximum absolute atomic E-state index is 12.3. The molecule has 0 spiro atoms. The summed E-state index contributed by atoms with van der Waals surface area (Å²) >= 11 is 6.12. The minimum absolute atomic E-state index is 0.0842. The van der Waals surface area contributed by atoms with Gasteiger partial charge in [-0.2, -0.15) is 0 Å². The van der Waals surface area contributed by atoms with Crippen molar-refractivity contribution >= 4 is 17.6 Å². The molecule has 0 aliphatic heterocycles. The van der Waals surface area contributed by atoms with Crippen molar-refractivity contribution in [2.75, 3.05) is 26.2 Å². The van der Waals surface area contributed by atoms with Crippen molar-refractivity contribution in [1.29, 1.82) is 0 Å². The van der Waals surface area contributed by atoms with Crippen molar-refractivity contribution in [3.8, 4) is 16.9 Å². The van der Waals surface area contributed by atoms with E-state index in [2.05, 4.69) is 18.7 Å². The summed E-state index contributed by atoms with van der Waals surface area (Å²) in [6.07, 6.45) is 0. The highest BCUT2D eigenvalue weighted by atomic mass is 35.5. The molecule has 0 bridgehead atoms. The summed E-state index contributed by atoms with van der Waals surface area (Å²) in [5, 5.41) is 10.8. The first-order valence-corrected chi connectivity index (χ1v) is 8.42. The lowest BCUT2D eigenvalue weighted by Gasteiger charge is -2.18. The second kappa shape index (κ2) is 8.71. The summed E-state index contributed by atoms with van der Waals surface area (Å²) in [5.41, 5.74) is 1.38. The van der Waals surface area contributed by atoms with Gasteiger partial charge in [0.15, 0.2) is 0 Å². The van der Waals surface area contributed by atoms with Gasteiger partial charge in [0, 0.05) is 17.1 Å². The maximum Gasteiger partial charge on any atom is 0.342 e. The molecule has 0 heterocycles. The number of aromatic hydroxyl groups is 1. The Kier molecular flexibility index (Phi) is 6.64. The van der Waals surface area contributed by atoms with Crippen LogP contribution in [0.4, 0.5) is 0 Å². The number of nitrogens with zero attached hydrogens (tertiary/aromatic N) is 1. The van der Waals surface area contributed by atoms with Crippen LogP contribution in [0, 0.1) is 0 Å². The van der Waals surface area contributed by atoms with E-state index in [1.54, 1.807) is 6.07 Å². The van der Waals surface area contributed by atoms with Gasteiger partial charge in [0.05, 0.1) is 0 Å². The fraction of sp³-hybridized carbons (Fsp3) is 0.316. The molecule has 0 aliphatic carbocycles. The Morgan fingerprint density at radius 1 is 1.17 bits per heavy atom. The first-order valence-electron chi connectivity index (χ1n) is 8.04. The highest BCUT2D eigenvalue weighted by Crippen LogP contribution is 2.35. The van der Waals surface area contributed by atoms with E-state index in [1.165, 1.54) is 6.07 Å². The van der Waals surface area contributed by atoms with Crippen LogP contribution in [-0.2, 0) is 4.74 Å². The van der Waals surface area contributed by atoms with Crippen LogP contribution in [0.15, 0.2) is 42.5 Å². The molecule has 0 amide bonds. The van der Waals surface area contributed by atoms with Crippen molar-refractivity contribution in [2.24, 2.45) is 0 Å². The molecular formula is C19H22ClNO3.